The fraction of sp³-hybridized carbons (Fsp3) is 0.286. The van der Waals surface area contributed by atoms with Crippen molar-refractivity contribution in [2.45, 2.75) is 13.0 Å². The number of benzene rings is 2. The van der Waals surface area contributed by atoms with Crippen LogP contribution in [-0.4, -0.2) is 41.5 Å². The van der Waals surface area contributed by atoms with Crippen molar-refractivity contribution in [1.82, 2.24) is 9.88 Å². The monoisotopic (exact) mass is 382 g/mol. The van der Waals surface area contributed by atoms with Crippen molar-refractivity contribution in [3.05, 3.63) is 65.2 Å². The number of thiazole rings is 1. The van der Waals surface area contributed by atoms with Crippen LogP contribution in [0.25, 0.3) is 10.6 Å². The smallest absolute Gasteiger partial charge is 0.231 e. The van der Waals surface area contributed by atoms with Gasteiger partial charge in [-0.15, -0.1) is 11.3 Å². The lowest BCUT2D eigenvalue weighted by Gasteiger charge is -2.20. The predicted molar refractivity (Wildman–Crippen MR) is 106 cm³/mol. The first-order valence-electron chi connectivity index (χ1n) is 9.03. The van der Waals surface area contributed by atoms with Crippen LogP contribution in [0.3, 0.4) is 0 Å². The van der Waals surface area contributed by atoms with Crippen LogP contribution in [0.2, 0.25) is 0 Å². The van der Waals surface area contributed by atoms with Gasteiger partial charge in [-0.2, -0.15) is 0 Å². The van der Waals surface area contributed by atoms with Crippen molar-refractivity contribution in [1.29, 1.82) is 0 Å². The molecule has 27 heavy (non-hydrogen) atoms. The second-order valence-corrected chi connectivity index (χ2v) is 7.31. The van der Waals surface area contributed by atoms with Gasteiger partial charge in [0.25, 0.3) is 0 Å². The lowest BCUT2D eigenvalue weighted by molar-refractivity contribution is 0.174. The van der Waals surface area contributed by atoms with E-state index < -0.39 is 0 Å². The summed E-state index contributed by atoms with van der Waals surface area (Å²) in [5, 5.41) is 12.5. The second kappa shape index (κ2) is 8.52. The number of aromatic nitrogens is 1. The maximum Gasteiger partial charge on any atom is 0.231 e. The normalized spacial score (nSPS) is 12.7. The Kier molecular flexibility index (Phi) is 5.67. The molecule has 0 saturated carbocycles. The van der Waals surface area contributed by atoms with Gasteiger partial charge in [-0.1, -0.05) is 30.3 Å². The Morgan fingerprint density at radius 3 is 2.74 bits per heavy atom. The zero-order chi connectivity index (χ0) is 18.5. The van der Waals surface area contributed by atoms with Gasteiger partial charge in [-0.05, 0) is 30.2 Å². The van der Waals surface area contributed by atoms with E-state index in [1.54, 1.807) is 11.3 Å². The van der Waals surface area contributed by atoms with Crippen LogP contribution in [-0.2, 0) is 13.0 Å². The van der Waals surface area contributed by atoms with E-state index in [2.05, 4.69) is 34.5 Å². The van der Waals surface area contributed by atoms with E-state index in [9.17, 15) is 5.11 Å². The van der Waals surface area contributed by atoms with E-state index >= 15 is 0 Å². The Balaban J connectivity index is 1.42. The van der Waals surface area contributed by atoms with Gasteiger partial charge in [0.15, 0.2) is 11.5 Å². The number of nitrogens with zero attached hydrogens (tertiary/aromatic N) is 2. The standard InChI is InChI=1S/C21H22N2O3S/c24-11-10-23(9-8-16-4-2-1-3-5-16)13-18-14-27-21(22-18)17-6-7-19-20(12-17)26-15-25-19/h1-7,12,14,24H,8-11,13,15H2. The molecule has 0 saturated heterocycles. The first-order valence-corrected chi connectivity index (χ1v) is 9.91. The van der Waals surface area contributed by atoms with E-state index in [1.807, 2.05) is 24.3 Å². The number of rotatable bonds is 8. The van der Waals surface area contributed by atoms with E-state index in [1.165, 1.54) is 5.56 Å². The molecule has 0 aliphatic carbocycles. The van der Waals surface area contributed by atoms with Gasteiger partial charge in [-0.3, -0.25) is 4.90 Å². The maximum atomic E-state index is 9.40. The van der Waals surface area contributed by atoms with Gasteiger partial charge in [0.1, 0.15) is 5.01 Å². The van der Waals surface area contributed by atoms with Crippen LogP contribution in [0.15, 0.2) is 53.9 Å². The summed E-state index contributed by atoms with van der Waals surface area (Å²) in [6, 6.07) is 16.3. The first kappa shape index (κ1) is 18.0. The van der Waals surface area contributed by atoms with Crippen LogP contribution in [0.5, 0.6) is 11.5 Å². The molecule has 0 radical (unpaired) electrons. The van der Waals surface area contributed by atoms with E-state index in [4.69, 9.17) is 14.5 Å². The summed E-state index contributed by atoms with van der Waals surface area (Å²) in [5.74, 6) is 1.56. The quantitative estimate of drug-likeness (QED) is 0.645. The Labute approximate surface area is 162 Å². The molecular weight excluding hydrogens is 360 g/mol. The number of hydrogen-bond donors (Lipinski definition) is 1. The SMILES string of the molecule is OCCN(CCc1ccccc1)Cc1csc(-c2ccc3c(c2)OCO3)n1. The molecule has 4 rings (SSSR count). The van der Waals surface area contributed by atoms with Gasteiger partial charge >= 0.3 is 0 Å². The largest absolute Gasteiger partial charge is 0.454 e. The van der Waals surface area contributed by atoms with Crippen molar-refractivity contribution in [3.63, 3.8) is 0 Å². The molecule has 2 aromatic carbocycles. The molecule has 140 valence electrons. The lowest BCUT2D eigenvalue weighted by Crippen LogP contribution is -2.28. The zero-order valence-electron chi connectivity index (χ0n) is 15.0. The summed E-state index contributed by atoms with van der Waals surface area (Å²) in [5.41, 5.74) is 3.36. The third-order valence-electron chi connectivity index (χ3n) is 4.53. The van der Waals surface area contributed by atoms with Crippen molar-refractivity contribution in [2.24, 2.45) is 0 Å². The Morgan fingerprint density at radius 1 is 1.04 bits per heavy atom. The summed E-state index contributed by atoms with van der Waals surface area (Å²) >= 11 is 1.63. The van der Waals surface area contributed by atoms with Gasteiger partial charge in [-0.25, -0.2) is 4.98 Å². The molecule has 0 spiro atoms. The van der Waals surface area contributed by atoms with Gasteiger partial charge < -0.3 is 14.6 Å². The van der Waals surface area contributed by atoms with Gasteiger partial charge in [0, 0.05) is 30.6 Å². The molecule has 1 aliphatic rings. The third kappa shape index (κ3) is 4.47. The predicted octanol–water partition coefficient (Wildman–Crippen LogP) is 3.58. The fourth-order valence-electron chi connectivity index (χ4n) is 3.11. The van der Waals surface area contributed by atoms with Crippen LogP contribution in [0.1, 0.15) is 11.3 Å². The van der Waals surface area contributed by atoms with Gasteiger partial charge in [0.2, 0.25) is 6.79 Å². The molecule has 0 unspecified atom stereocenters. The number of hydrogen-bond acceptors (Lipinski definition) is 6. The number of fused-ring (bicyclic) bond motifs is 1. The van der Waals surface area contributed by atoms with Crippen molar-refractivity contribution < 1.29 is 14.6 Å². The topological polar surface area (TPSA) is 54.8 Å². The van der Waals surface area contributed by atoms with E-state index in [-0.39, 0.29) is 13.4 Å². The minimum absolute atomic E-state index is 0.147. The Morgan fingerprint density at radius 2 is 1.89 bits per heavy atom. The Bertz CT molecular complexity index is 882. The van der Waals surface area contributed by atoms with Crippen LogP contribution >= 0.6 is 11.3 Å². The number of aliphatic hydroxyl groups is 1. The van der Waals surface area contributed by atoms with Crippen LogP contribution in [0, 0.1) is 0 Å². The summed E-state index contributed by atoms with van der Waals surface area (Å²) in [7, 11) is 0. The highest BCUT2D eigenvalue weighted by Gasteiger charge is 2.16. The summed E-state index contributed by atoms with van der Waals surface area (Å²) in [4.78, 5) is 7.02. The molecule has 3 aromatic rings. The van der Waals surface area contributed by atoms with Crippen LogP contribution in [0.4, 0.5) is 0 Å². The van der Waals surface area contributed by atoms with E-state index in [0.29, 0.717) is 6.54 Å². The summed E-state index contributed by atoms with van der Waals surface area (Å²) in [6.45, 7) is 2.69. The zero-order valence-corrected chi connectivity index (χ0v) is 15.8. The van der Waals surface area contributed by atoms with Crippen molar-refractivity contribution in [3.8, 4) is 22.1 Å². The number of ether oxygens (including phenoxy) is 2. The molecule has 2 heterocycles. The van der Waals surface area contributed by atoms with Crippen LogP contribution < -0.4 is 9.47 Å². The highest BCUT2D eigenvalue weighted by atomic mass is 32.1. The van der Waals surface area contributed by atoms with Gasteiger partial charge in [0.05, 0.1) is 12.3 Å². The van der Waals surface area contributed by atoms with Crippen molar-refractivity contribution in [2.75, 3.05) is 26.5 Å². The highest BCUT2D eigenvalue weighted by Crippen LogP contribution is 2.36. The second-order valence-electron chi connectivity index (χ2n) is 6.45. The van der Waals surface area contributed by atoms with Crippen molar-refractivity contribution >= 4 is 11.3 Å². The summed E-state index contributed by atoms with van der Waals surface area (Å²) in [6.07, 6.45) is 0.958. The highest BCUT2D eigenvalue weighted by molar-refractivity contribution is 7.13. The molecular formula is C21H22N2O3S. The molecule has 0 bridgehead atoms. The molecule has 0 fully saturated rings. The minimum Gasteiger partial charge on any atom is -0.454 e. The third-order valence-corrected chi connectivity index (χ3v) is 5.47. The molecule has 1 aromatic heterocycles. The lowest BCUT2D eigenvalue weighted by atomic mass is 10.1. The fourth-order valence-corrected chi connectivity index (χ4v) is 3.92. The molecule has 0 amide bonds. The molecule has 5 nitrogen and oxygen atoms in total. The van der Waals surface area contributed by atoms with E-state index in [0.717, 1.165) is 47.3 Å². The number of aliphatic hydroxyl groups excluding tert-OH is 1. The average Bonchev–Trinajstić information content (AvgIpc) is 3.36. The maximum absolute atomic E-state index is 9.40. The first-order chi connectivity index (χ1) is 13.3. The average molecular weight is 382 g/mol. The summed E-state index contributed by atoms with van der Waals surface area (Å²) < 4.78 is 10.8. The minimum atomic E-state index is 0.147. The molecule has 6 heteroatoms. The molecule has 0 atom stereocenters. The molecule has 1 aliphatic heterocycles. The molecule has 1 N–H and O–H groups in total. The Hall–Kier alpha value is -2.41.